The first-order valence-electron chi connectivity index (χ1n) is 15.0. The van der Waals surface area contributed by atoms with E-state index in [1.165, 1.54) is 25.1 Å². The van der Waals surface area contributed by atoms with Gasteiger partial charge in [0, 0.05) is 41.5 Å². The van der Waals surface area contributed by atoms with Crippen LogP contribution in [0.1, 0.15) is 41.6 Å². The molecule has 0 saturated carbocycles. The number of nitrogens with zero attached hydrogens (tertiary/aromatic N) is 1. The molecule has 46 heavy (non-hydrogen) atoms. The molecule has 4 aromatic rings. The van der Waals surface area contributed by atoms with Crippen molar-refractivity contribution in [2.24, 2.45) is 5.92 Å². The third kappa shape index (κ3) is 8.43. The fourth-order valence-corrected chi connectivity index (χ4v) is 6.32. The Hall–Kier alpha value is -4.42. The second-order valence-electron chi connectivity index (χ2n) is 11.0. The first-order chi connectivity index (χ1) is 22.3. The quantitative estimate of drug-likeness (QED) is 0.0868. The van der Waals surface area contributed by atoms with Crippen LogP contribution < -0.4 is 15.4 Å². The molecule has 3 aromatic carbocycles. The Labute approximate surface area is 272 Å². The molecule has 0 bridgehead atoms. The molecule has 2 heterocycles. The van der Waals surface area contributed by atoms with E-state index in [0.29, 0.717) is 16.5 Å². The summed E-state index contributed by atoms with van der Waals surface area (Å²) in [5, 5.41) is 27.8. The normalized spacial score (nSPS) is 20.0. The highest BCUT2D eigenvalue weighted by atomic mass is 32.2. The molecule has 1 aliphatic heterocycles. The van der Waals surface area contributed by atoms with E-state index in [1.807, 2.05) is 72.8 Å². The average molecular weight is 644 g/mol. The fraction of sp³-hybridized carbons (Fsp3) is 0.286. The monoisotopic (exact) mass is 643 g/mol. The maximum Gasteiger partial charge on any atom is 0.328 e. The van der Waals surface area contributed by atoms with E-state index in [1.54, 1.807) is 24.3 Å². The van der Waals surface area contributed by atoms with Crippen LogP contribution in [0.4, 0.5) is 10.5 Å². The minimum Gasteiger partial charge on any atom is -0.618 e. The SMILES string of the molecule is COC(=O)[C@H](Cc1ccccc1)NC(=O)Nc1ccc([C@H]2O[C@@H](CSc3cccc[n+]3[O-])[C@@H](C)[C@@H](c3ccc(CO)cc3)O2)cc1. The van der Waals surface area contributed by atoms with E-state index in [0.717, 1.165) is 27.0 Å². The molecular formula is C35H37N3O7S. The number of hydrogen-bond acceptors (Lipinski definition) is 8. The second kappa shape index (κ2) is 15.7. The van der Waals surface area contributed by atoms with Crippen molar-refractivity contribution in [1.82, 2.24) is 5.32 Å². The summed E-state index contributed by atoms with van der Waals surface area (Å²) in [6.45, 7) is 2.01. The van der Waals surface area contributed by atoms with Crippen molar-refractivity contribution in [3.63, 3.8) is 0 Å². The molecule has 11 heteroatoms. The number of ether oxygens (including phenoxy) is 3. The van der Waals surface area contributed by atoms with Gasteiger partial charge in [0.15, 0.2) is 12.5 Å². The van der Waals surface area contributed by atoms with Gasteiger partial charge in [0.2, 0.25) is 0 Å². The van der Waals surface area contributed by atoms with Crippen LogP contribution in [0, 0.1) is 11.1 Å². The Morgan fingerprint density at radius 1 is 0.935 bits per heavy atom. The number of aromatic nitrogens is 1. The van der Waals surface area contributed by atoms with Crippen molar-refractivity contribution in [2.45, 2.75) is 49.5 Å². The summed E-state index contributed by atoms with van der Waals surface area (Å²) in [5.74, 6) is -0.0561. The van der Waals surface area contributed by atoms with Gasteiger partial charge in [-0.2, -0.15) is 4.73 Å². The topological polar surface area (TPSA) is 133 Å². The number of hydrogen-bond donors (Lipinski definition) is 3. The summed E-state index contributed by atoms with van der Waals surface area (Å²) in [7, 11) is 1.29. The van der Waals surface area contributed by atoms with Gasteiger partial charge in [-0.1, -0.05) is 85.4 Å². The van der Waals surface area contributed by atoms with Gasteiger partial charge in [0.25, 0.3) is 5.03 Å². The lowest BCUT2D eigenvalue weighted by molar-refractivity contribution is -0.645. The number of esters is 1. The molecule has 1 fully saturated rings. The summed E-state index contributed by atoms with van der Waals surface area (Å²) in [4.78, 5) is 25.2. The van der Waals surface area contributed by atoms with Gasteiger partial charge < -0.3 is 35.2 Å². The number of anilines is 1. The van der Waals surface area contributed by atoms with Crippen LogP contribution in [-0.2, 0) is 32.0 Å². The second-order valence-corrected chi connectivity index (χ2v) is 12.0. The Morgan fingerprint density at radius 3 is 2.30 bits per heavy atom. The predicted octanol–water partition coefficient (Wildman–Crippen LogP) is 5.30. The molecule has 0 aliphatic carbocycles. The van der Waals surface area contributed by atoms with Crippen LogP contribution >= 0.6 is 11.8 Å². The van der Waals surface area contributed by atoms with Crippen LogP contribution in [-0.4, -0.2) is 42.1 Å². The van der Waals surface area contributed by atoms with E-state index in [-0.39, 0.29) is 31.2 Å². The number of aliphatic hydroxyl groups is 1. The van der Waals surface area contributed by atoms with Gasteiger partial charge in [-0.3, -0.25) is 0 Å². The third-order valence-corrected chi connectivity index (χ3v) is 8.93. The first kappa shape index (κ1) is 33.0. The molecule has 0 spiro atoms. The largest absolute Gasteiger partial charge is 0.618 e. The van der Waals surface area contributed by atoms with E-state index < -0.39 is 24.3 Å². The predicted molar refractivity (Wildman–Crippen MR) is 174 cm³/mol. The molecule has 10 nitrogen and oxygen atoms in total. The van der Waals surface area contributed by atoms with Crippen molar-refractivity contribution in [3.8, 4) is 0 Å². The van der Waals surface area contributed by atoms with Gasteiger partial charge in [0.05, 0.1) is 25.9 Å². The smallest absolute Gasteiger partial charge is 0.328 e. The number of pyridine rings is 1. The average Bonchev–Trinajstić information content (AvgIpc) is 3.08. The van der Waals surface area contributed by atoms with Crippen molar-refractivity contribution in [3.05, 3.63) is 131 Å². The Bertz CT molecular complexity index is 1590. The zero-order chi connectivity index (χ0) is 32.5. The molecule has 5 atom stereocenters. The molecule has 0 unspecified atom stereocenters. The van der Waals surface area contributed by atoms with Crippen LogP contribution in [0.25, 0.3) is 0 Å². The lowest BCUT2D eigenvalue weighted by Gasteiger charge is -2.41. The lowest BCUT2D eigenvalue weighted by Crippen LogP contribution is -2.45. The van der Waals surface area contributed by atoms with Gasteiger partial charge >= 0.3 is 12.0 Å². The number of urea groups is 1. The lowest BCUT2D eigenvalue weighted by atomic mass is 9.91. The zero-order valence-corrected chi connectivity index (χ0v) is 26.4. The number of amides is 2. The highest BCUT2D eigenvalue weighted by Gasteiger charge is 2.38. The molecular weight excluding hydrogens is 606 g/mol. The molecule has 240 valence electrons. The summed E-state index contributed by atoms with van der Waals surface area (Å²) < 4.78 is 18.7. The molecule has 2 amide bonds. The van der Waals surface area contributed by atoms with Crippen LogP contribution in [0.15, 0.2) is 108 Å². The maximum atomic E-state index is 12.8. The van der Waals surface area contributed by atoms with Crippen molar-refractivity contribution < 1.29 is 33.6 Å². The summed E-state index contributed by atoms with van der Waals surface area (Å²) in [5.41, 5.74) is 3.92. The minimum atomic E-state index is -0.858. The number of carbonyl (C=O) groups is 2. The van der Waals surface area contributed by atoms with Gasteiger partial charge in [-0.25, -0.2) is 9.59 Å². The van der Waals surface area contributed by atoms with Gasteiger partial charge in [-0.05, 0) is 34.9 Å². The fourth-order valence-electron chi connectivity index (χ4n) is 5.24. The molecule has 5 rings (SSSR count). The standard InChI is InChI=1S/C35H37N3O7S/c1-23-30(22-46-31-10-6-7-19-38(31)42)44-34(45-32(23)26-13-11-25(21-39)12-14-26)27-15-17-28(18-16-27)36-35(41)37-29(33(40)43-2)20-24-8-4-3-5-9-24/h3-19,23,29-30,32,34,39H,20-22H2,1-2H3,(H2,36,37,41)/t23-,29+,30+,32+,34+/m1/s1. The van der Waals surface area contributed by atoms with Crippen LogP contribution in [0.5, 0.6) is 0 Å². The molecule has 0 radical (unpaired) electrons. The Kier molecular flexibility index (Phi) is 11.3. The van der Waals surface area contributed by atoms with Crippen molar-refractivity contribution in [1.29, 1.82) is 0 Å². The zero-order valence-electron chi connectivity index (χ0n) is 25.6. The van der Waals surface area contributed by atoms with Gasteiger partial charge in [0.1, 0.15) is 6.04 Å². The maximum absolute atomic E-state index is 12.8. The van der Waals surface area contributed by atoms with Crippen molar-refractivity contribution in [2.75, 3.05) is 18.2 Å². The van der Waals surface area contributed by atoms with Crippen molar-refractivity contribution >= 4 is 29.4 Å². The van der Waals surface area contributed by atoms with E-state index in [4.69, 9.17) is 14.2 Å². The number of rotatable bonds is 11. The number of carbonyl (C=O) groups excluding carboxylic acids is 2. The highest BCUT2D eigenvalue weighted by Crippen LogP contribution is 2.43. The molecule has 3 N–H and O–H groups in total. The van der Waals surface area contributed by atoms with Crippen LogP contribution in [0.2, 0.25) is 0 Å². The number of methoxy groups -OCH3 is 1. The molecule has 1 saturated heterocycles. The minimum absolute atomic E-state index is 0.0455. The summed E-state index contributed by atoms with van der Waals surface area (Å²) in [6.07, 6.45) is 0.485. The van der Waals surface area contributed by atoms with E-state index in [9.17, 15) is 19.9 Å². The Morgan fingerprint density at radius 2 is 1.63 bits per heavy atom. The number of aliphatic hydroxyl groups excluding tert-OH is 1. The first-order valence-corrected chi connectivity index (χ1v) is 15.9. The highest BCUT2D eigenvalue weighted by molar-refractivity contribution is 7.99. The number of nitrogens with one attached hydrogen (secondary N) is 2. The molecule has 1 aromatic heterocycles. The summed E-state index contributed by atoms with van der Waals surface area (Å²) in [6, 6.07) is 28.0. The number of thioether (sulfide) groups is 1. The van der Waals surface area contributed by atoms with Gasteiger partial charge in [-0.15, -0.1) is 0 Å². The van der Waals surface area contributed by atoms with E-state index in [2.05, 4.69) is 17.6 Å². The number of benzene rings is 3. The third-order valence-electron chi connectivity index (χ3n) is 7.82. The summed E-state index contributed by atoms with van der Waals surface area (Å²) >= 11 is 1.43. The Balaban J connectivity index is 1.28. The van der Waals surface area contributed by atoms with Crippen LogP contribution in [0.3, 0.4) is 0 Å². The molecule has 1 aliphatic rings. The van der Waals surface area contributed by atoms with E-state index >= 15 is 0 Å².